The van der Waals surface area contributed by atoms with Crippen LogP contribution in [-0.4, -0.2) is 51.8 Å². The van der Waals surface area contributed by atoms with Gasteiger partial charge in [0.2, 0.25) is 5.91 Å². The molecule has 1 aliphatic rings. The number of methoxy groups -OCH3 is 1. The van der Waals surface area contributed by atoms with Gasteiger partial charge in [-0.25, -0.2) is 0 Å². The second-order valence-electron chi connectivity index (χ2n) is 7.46. The average Bonchev–Trinajstić information content (AvgIpc) is 2.72. The van der Waals surface area contributed by atoms with Crippen LogP contribution in [0.2, 0.25) is 0 Å². The van der Waals surface area contributed by atoms with E-state index in [-0.39, 0.29) is 29.9 Å². The molecule has 1 aliphatic carbocycles. The number of ether oxygens (including phenoxy) is 2. The van der Waals surface area contributed by atoms with Gasteiger partial charge in [-0.2, -0.15) is 0 Å². The smallest absolute Gasteiger partial charge is 0.221 e. The lowest BCUT2D eigenvalue weighted by Gasteiger charge is -2.22. The number of carbonyl (C=O) groups is 1. The lowest BCUT2D eigenvalue weighted by Crippen LogP contribution is -2.41. The van der Waals surface area contributed by atoms with Crippen molar-refractivity contribution in [1.29, 1.82) is 0 Å². The predicted octanol–water partition coefficient (Wildman–Crippen LogP) is 3.14. The van der Waals surface area contributed by atoms with E-state index in [0.717, 1.165) is 29.7 Å². The van der Waals surface area contributed by atoms with Crippen LogP contribution in [0, 0.1) is 6.92 Å². The summed E-state index contributed by atoms with van der Waals surface area (Å²) in [6, 6.07) is 6.49. The molecule has 1 aromatic carbocycles. The molecule has 30 heavy (non-hydrogen) atoms. The molecule has 1 amide bonds. The first-order chi connectivity index (χ1) is 14.1. The van der Waals surface area contributed by atoms with E-state index >= 15 is 0 Å². The minimum Gasteiger partial charge on any atom is -0.491 e. The van der Waals surface area contributed by atoms with Crippen molar-refractivity contribution >= 4 is 35.8 Å². The van der Waals surface area contributed by atoms with E-state index in [0.29, 0.717) is 44.7 Å². The number of guanidine groups is 1. The van der Waals surface area contributed by atoms with Gasteiger partial charge in [0.15, 0.2) is 5.96 Å². The van der Waals surface area contributed by atoms with Crippen LogP contribution < -0.4 is 20.7 Å². The summed E-state index contributed by atoms with van der Waals surface area (Å²) in [5, 5.41) is 9.63. The molecule has 1 saturated carbocycles. The van der Waals surface area contributed by atoms with Gasteiger partial charge in [0.05, 0.1) is 6.61 Å². The Hall–Kier alpha value is -1.55. The summed E-state index contributed by atoms with van der Waals surface area (Å²) >= 11 is 0. The van der Waals surface area contributed by atoms with Gasteiger partial charge in [-0.15, -0.1) is 24.0 Å². The second-order valence-corrected chi connectivity index (χ2v) is 7.46. The summed E-state index contributed by atoms with van der Waals surface area (Å²) in [7, 11) is 3.38. The quantitative estimate of drug-likeness (QED) is 0.187. The number of amides is 1. The molecule has 3 N–H and O–H groups in total. The first-order valence-electron chi connectivity index (χ1n) is 10.6. The van der Waals surface area contributed by atoms with E-state index in [1.54, 1.807) is 14.2 Å². The molecule has 0 bridgehead atoms. The standard InChI is InChI=1S/C22H36N4O3.HI/c1-17-9-10-18(20(15-17)29-14-13-28-3)16-25-22(23-2)24-12-11-21(27)26-19-7-5-4-6-8-19;/h9-10,15,19H,4-8,11-14,16H2,1-3H3,(H,26,27)(H2,23,24,25);1H. The van der Waals surface area contributed by atoms with Crippen molar-refractivity contribution in [3.8, 4) is 5.75 Å². The fourth-order valence-electron chi connectivity index (χ4n) is 3.42. The summed E-state index contributed by atoms with van der Waals surface area (Å²) in [5.41, 5.74) is 2.19. The van der Waals surface area contributed by atoms with Gasteiger partial charge in [0.1, 0.15) is 12.4 Å². The lowest BCUT2D eigenvalue weighted by atomic mass is 9.95. The Kier molecular flexibility index (Phi) is 13.5. The van der Waals surface area contributed by atoms with Gasteiger partial charge in [-0.1, -0.05) is 31.4 Å². The van der Waals surface area contributed by atoms with Crippen LogP contribution in [0.3, 0.4) is 0 Å². The van der Waals surface area contributed by atoms with Gasteiger partial charge < -0.3 is 25.4 Å². The lowest BCUT2D eigenvalue weighted by molar-refractivity contribution is -0.121. The highest BCUT2D eigenvalue weighted by molar-refractivity contribution is 14.0. The fraction of sp³-hybridized carbons (Fsp3) is 0.636. The maximum atomic E-state index is 12.1. The highest BCUT2D eigenvalue weighted by Crippen LogP contribution is 2.20. The molecule has 0 heterocycles. The molecule has 0 aliphatic heterocycles. The molecule has 0 radical (unpaired) electrons. The van der Waals surface area contributed by atoms with E-state index in [4.69, 9.17) is 9.47 Å². The van der Waals surface area contributed by atoms with Gasteiger partial charge in [0, 0.05) is 45.3 Å². The minimum absolute atomic E-state index is 0. The molecule has 0 aromatic heterocycles. The van der Waals surface area contributed by atoms with Crippen LogP contribution in [0.4, 0.5) is 0 Å². The number of nitrogens with zero attached hydrogens (tertiary/aromatic N) is 1. The van der Waals surface area contributed by atoms with Crippen LogP contribution >= 0.6 is 24.0 Å². The molecule has 170 valence electrons. The van der Waals surface area contributed by atoms with Crippen molar-refractivity contribution in [2.45, 2.75) is 58.0 Å². The molecule has 0 spiro atoms. The van der Waals surface area contributed by atoms with Crippen LogP contribution in [0.5, 0.6) is 5.75 Å². The molecule has 2 rings (SSSR count). The Morgan fingerprint density at radius 1 is 1.17 bits per heavy atom. The van der Waals surface area contributed by atoms with Crippen molar-refractivity contribution in [1.82, 2.24) is 16.0 Å². The number of hydrogen-bond donors (Lipinski definition) is 3. The van der Waals surface area contributed by atoms with Gasteiger partial charge in [-0.3, -0.25) is 9.79 Å². The third-order valence-corrected chi connectivity index (χ3v) is 5.05. The van der Waals surface area contributed by atoms with Crippen molar-refractivity contribution in [2.24, 2.45) is 4.99 Å². The van der Waals surface area contributed by atoms with Crippen molar-refractivity contribution in [3.05, 3.63) is 29.3 Å². The van der Waals surface area contributed by atoms with Crippen LogP contribution in [0.25, 0.3) is 0 Å². The molecular weight excluding hydrogens is 495 g/mol. The summed E-state index contributed by atoms with van der Waals surface area (Å²) in [5.74, 6) is 1.61. The third kappa shape index (κ3) is 9.97. The molecule has 0 atom stereocenters. The SMILES string of the molecule is CN=C(NCCC(=O)NC1CCCCC1)NCc1ccc(C)cc1OCCOC.I. The average molecular weight is 532 g/mol. The van der Waals surface area contributed by atoms with E-state index < -0.39 is 0 Å². The maximum absolute atomic E-state index is 12.1. The molecule has 7 nitrogen and oxygen atoms in total. The van der Waals surface area contributed by atoms with E-state index in [2.05, 4.69) is 33.1 Å². The number of nitrogens with one attached hydrogen (secondary N) is 3. The Bertz CT molecular complexity index is 664. The topological polar surface area (TPSA) is 84.0 Å². The zero-order chi connectivity index (χ0) is 20.9. The molecule has 8 heteroatoms. The maximum Gasteiger partial charge on any atom is 0.221 e. The van der Waals surface area contributed by atoms with Crippen LogP contribution in [0.1, 0.15) is 49.7 Å². The Morgan fingerprint density at radius 2 is 1.93 bits per heavy atom. The number of halogens is 1. The summed E-state index contributed by atoms with van der Waals surface area (Å²) < 4.78 is 10.9. The van der Waals surface area contributed by atoms with E-state index in [1.807, 2.05) is 13.0 Å². The molecule has 1 fully saturated rings. The zero-order valence-electron chi connectivity index (χ0n) is 18.5. The number of benzene rings is 1. The first kappa shape index (κ1) is 26.5. The number of carbonyl (C=O) groups excluding carboxylic acids is 1. The Morgan fingerprint density at radius 3 is 2.63 bits per heavy atom. The van der Waals surface area contributed by atoms with Gasteiger partial charge in [0.25, 0.3) is 0 Å². The van der Waals surface area contributed by atoms with E-state index in [9.17, 15) is 4.79 Å². The van der Waals surface area contributed by atoms with Crippen molar-refractivity contribution in [3.63, 3.8) is 0 Å². The summed E-state index contributed by atoms with van der Waals surface area (Å²) in [6.07, 6.45) is 6.37. The second kappa shape index (κ2) is 15.3. The number of aryl methyl sites for hydroxylation is 1. The normalized spacial score (nSPS) is 14.6. The van der Waals surface area contributed by atoms with Crippen molar-refractivity contribution in [2.75, 3.05) is 33.9 Å². The monoisotopic (exact) mass is 532 g/mol. The molecule has 0 saturated heterocycles. The molecular formula is C22H37IN4O3. The fourth-order valence-corrected chi connectivity index (χ4v) is 3.42. The summed E-state index contributed by atoms with van der Waals surface area (Å²) in [6.45, 7) is 4.22. The summed E-state index contributed by atoms with van der Waals surface area (Å²) in [4.78, 5) is 16.4. The van der Waals surface area contributed by atoms with Crippen molar-refractivity contribution < 1.29 is 14.3 Å². The Balaban J connectivity index is 0.00000450. The number of rotatable bonds is 10. The van der Waals surface area contributed by atoms with Crippen LogP contribution in [-0.2, 0) is 16.1 Å². The van der Waals surface area contributed by atoms with Gasteiger partial charge >= 0.3 is 0 Å². The first-order valence-corrected chi connectivity index (χ1v) is 10.6. The molecule has 0 unspecified atom stereocenters. The third-order valence-electron chi connectivity index (χ3n) is 5.05. The largest absolute Gasteiger partial charge is 0.491 e. The minimum atomic E-state index is 0. The highest BCUT2D eigenvalue weighted by atomic mass is 127. The Labute approximate surface area is 197 Å². The predicted molar refractivity (Wildman–Crippen MR) is 132 cm³/mol. The molecule has 1 aromatic rings. The van der Waals surface area contributed by atoms with Crippen LogP contribution in [0.15, 0.2) is 23.2 Å². The number of aliphatic imine (C=N–C) groups is 1. The van der Waals surface area contributed by atoms with E-state index in [1.165, 1.54) is 19.3 Å². The van der Waals surface area contributed by atoms with Gasteiger partial charge in [-0.05, 0) is 31.4 Å². The zero-order valence-corrected chi connectivity index (χ0v) is 20.8. The number of hydrogen-bond acceptors (Lipinski definition) is 4. The highest BCUT2D eigenvalue weighted by Gasteiger charge is 2.15.